The Labute approximate surface area is 86.5 Å². The zero-order valence-corrected chi connectivity index (χ0v) is 8.21. The summed E-state index contributed by atoms with van der Waals surface area (Å²) in [5, 5.41) is 7.69. The van der Waals surface area contributed by atoms with E-state index in [-0.39, 0.29) is 0 Å². The standard InChI is InChI=1S/C10H10N4O/c1-7-6-12-13-14(7)9-4-2-8(3-5-9)10(11)15/h2-6H,1H3,(H2,11,15). The molecule has 0 spiro atoms. The lowest BCUT2D eigenvalue weighted by molar-refractivity contribution is 0.100. The zero-order valence-electron chi connectivity index (χ0n) is 8.21. The zero-order chi connectivity index (χ0) is 10.8. The van der Waals surface area contributed by atoms with Crippen molar-refractivity contribution in [1.29, 1.82) is 0 Å². The van der Waals surface area contributed by atoms with Gasteiger partial charge in [-0.3, -0.25) is 4.79 Å². The number of aryl methyl sites for hydroxylation is 1. The van der Waals surface area contributed by atoms with Gasteiger partial charge in [0, 0.05) is 5.56 Å². The summed E-state index contributed by atoms with van der Waals surface area (Å²) in [7, 11) is 0. The summed E-state index contributed by atoms with van der Waals surface area (Å²) in [5.74, 6) is -0.433. The average Bonchev–Trinajstić information content (AvgIpc) is 2.65. The minimum absolute atomic E-state index is 0.433. The molecule has 1 aromatic carbocycles. The predicted octanol–water partition coefficient (Wildman–Crippen LogP) is 0.675. The second kappa shape index (κ2) is 3.53. The van der Waals surface area contributed by atoms with Crippen molar-refractivity contribution >= 4 is 5.91 Å². The molecule has 0 bridgehead atoms. The molecule has 1 aromatic heterocycles. The number of amides is 1. The van der Waals surface area contributed by atoms with Crippen molar-refractivity contribution in [3.05, 3.63) is 41.7 Å². The third-order valence-corrected chi connectivity index (χ3v) is 2.12. The molecule has 0 aliphatic carbocycles. The van der Waals surface area contributed by atoms with E-state index in [1.54, 1.807) is 35.1 Å². The van der Waals surface area contributed by atoms with Crippen LogP contribution in [-0.2, 0) is 0 Å². The number of primary amides is 1. The van der Waals surface area contributed by atoms with E-state index in [0.29, 0.717) is 5.56 Å². The quantitative estimate of drug-likeness (QED) is 0.778. The molecule has 0 saturated heterocycles. The van der Waals surface area contributed by atoms with Crippen LogP contribution in [0.15, 0.2) is 30.5 Å². The number of rotatable bonds is 2. The van der Waals surface area contributed by atoms with Gasteiger partial charge in [-0.2, -0.15) is 0 Å². The molecule has 0 fully saturated rings. The first-order chi connectivity index (χ1) is 7.18. The first-order valence-electron chi connectivity index (χ1n) is 4.46. The lowest BCUT2D eigenvalue weighted by Crippen LogP contribution is -2.10. The van der Waals surface area contributed by atoms with Crippen molar-refractivity contribution in [3.63, 3.8) is 0 Å². The highest BCUT2D eigenvalue weighted by molar-refractivity contribution is 5.92. The fraction of sp³-hybridized carbons (Fsp3) is 0.100. The Morgan fingerprint density at radius 1 is 1.33 bits per heavy atom. The first kappa shape index (κ1) is 9.39. The first-order valence-corrected chi connectivity index (χ1v) is 4.46. The van der Waals surface area contributed by atoms with Crippen LogP contribution in [0.4, 0.5) is 0 Å². The second-order valence-corrected chi connectivity index (χ2v) is 3.20. The lowest BCUT2D eigenvalue weighted by Gasteiger charge is -2.02. The van der Waals surface area contributed by atoms with Crippen LogP contribution in [0.2, 0.25) is 0 Å². The number of hydrogen-bond acceptors (Lipinski definition) is 3. The van der Waals surface area contributed by atoms with Crippen molar-refractivity contribution in [2.24, 2.45) is 5.73 Å². The van der Waals surface area contributed by atoms with E-state index in [9.17, 15) is 4.79 Å². The summed E-state index contributed by atoms with van der Waals surface area (Å²) >= 11 is 0. The average molecular weight is 202 g/mol. The van der Waals surface area contributed by atoms with Crippen LogP contribution in [0.25, 0.3) is 5.69 Å². The van der Waals surface area contributed by atoms with Crippen molar-refractivity contribution in [3.8, 4) is 5.69 Å². The number of nitrogens with zero attached hydrogens (tertiary/aromatic N) is 3. The van der Waals surface area contributed by atoms with E-state index >= 15 is 0 Å². The van der Waals surface area contributed by atoms with Gasteiger partial charge >= 0.3 is 0 Å². The highest BCUT2D eigenvalue weighted by Crippen LogP contribution is 2.09. The SMILES string of the molecule is Cc1cnnn1-c1ccc(C(N)=O)cc1. The molecule has 0 unspecified atom stereocenters. The molecule has 5 heteroatoms. The Bertz CT molecular complexity index is 486. The maximum atomic E-state index is 10.9. The number of hydrogen-bond donors (Lipinski definition) is 1. The number of carbonyl (C=O) groups is 1. The highest BCUT2D eigenvalue weighted by atomic mass is 16.1. The molecule has 15 heavy (non-hydrogen) atoms. The predicted molar refractivity (Wildman–Crippen MR) is 54.6 cm³/mol. The fourth-order valence-electron chi connectivity index (χ4n) is 1.31. The second-order valence-electron chi connectivity index (χ2n) is 3.20. The monoisotopic (exact) mass is 202 g/mol. The Kier molecular flexibility index (Phi) is 2.21. The van der Waals surface area contributed by atoms with Crippen LogP contribution >= 0.6 is 0 Å². The van der Waals surface area contributed by atoms with Crippen LogP contribution in [0.1, 0.15) is 16.1 Å². The molecular formula is C10H10N4O. The Morgan fingerprint density at radius 2 is 2.00 bits per heavy atom. The van der Waals surface area contributed by atoms with Gasteiger partial charge in [0.1, 0.15) is 0 Å². The summed E-state index contributed by atoms with van der Waals surface area (Å²) in [6, 6.07) is 6.89. The normalized spacial score (nSPS) is 10.2. The summed E-state index contributed by atoms with van der Waals surface area (Å²) < 4.78 is 1.69. The summed E-state index contributed by atoms with van der Waals surface area (Å²) in [4.78, 5) is 10.9. The third-order valence-electron chi connectivity index (χ3n) is 2.12. The molecule has 5 nitrogen and oxygen atoms in total. The van der Waals surface area contributed by atoms with Gasteiger partial charge in [0.05, 0.1) is 17.6 Å². The maximum Gasteiger partial charge on any atom is 0.248 e. The van der Waals surface area contributed by atoms with Gasteiger partial charge in [-0.25, -0.2) is 4.68 Å². The van der Waals surface area contributed by atoms with Crippen LogP contribution < -0.4 is 5.73 Å². The molecular weight excluding hydrogens is 192 g/mol. The number of aromatic nitrogens is 3. The lowest BCUT2D eigenvalue weighted by atomic mass is 10.2. The molecule has 1 amide bonds. The van der Waals surface area contributed by atoms with E-state index in [2.05, 4.69) is 10.3 Å². The molecule has 0 aliphatic heterocycles. The topological polar surface area (TPSA) is 73.8 Å². The van der Waals surface area contributed by atoms with Crippen LogP contribution in [-0.4, -0.2) is 20.9 Å². The van der Waals surface area contributed by atoms with E-state index in [1.165, 1.54) is 0 Å². The molecule has 0 radical (unpaired) electrons. The number of benzene rings is 1. The number of nitrogens with two attached hydrogens (primary N) is 1. The van der Waals surface area contributed by atoms with Crippen molar-refractivity contribution in [2.75, 3.05) is 0 Å². The number of carbonyl (C=O) groups excluding carboxylic acids is 1. The fourth-order valence-corrected chi connectivity index (χ4v) is 1.31. The molecule has 2 rings (SSSR count). The molecule has 76 valence electrons. The van der Waals surface area contributed by atoms with Crippen molar-refractivity contribution in [2.45, 2.75) is 6.92 Å². The molecule has 2 N–H and O–H groups in total. The largest absolute Gasteiger partial charge is 0.366 e. The van der Waals surface area contributed by atoms with Gasteiger partial charge in [0.15, 0.2) is 0 Å². The Hall–Kier alpha value is -2.17. The third kappa shape index (κ3) is 1.71. The highest BCUT2D eigenvalue weighted by Gasteiger charge is 2.03. The van der Waals surface area contributed by atoms with Gasteiger partial charge in [0.25, 0.3) is 0 Å². The van der Waals surface area contributed by atoms with Crippen molar-refractivity contribution < 1.29 is 4.79 Å². The van der Waals surface area contributed by atoms with Gasteiger partial charge < -0.3 is 5.73 Å². The molecule has 0 saturated carbocycles. The minimum Gasteiger partial charge on any atom is -0.366 e. The Morgan fingerprint density at radius 3 is 2.47 bits per heavy atom. The summed E-state index contributed by atoms with van der Waals surface area (Å²) in [6.45, 7) is 1.90. The van der Waals surface area contributed by atoms with Gasteiger partial charge in [0.2, 0.25) is 5.91 Å². The van der Waals surface area contributed by atoms with Gasteiger partial charge in [-0.15, -0.1) is 5.10 Å². The smallest absolute Gasteiger partial charge is 0.248 e. The summed E-state index contributed by atoms with van der Waals surface area (Å²) in [6.07, 6.45) is 1.67. The molecule has 0 aliphatic rings. The minimum atomic E-state index is -0.433. The van der Waals surface area contributed by atoms with Crippen LogP contribution in [0.3, 0.4) is 0 Å². The maximum absolute atomic E-state index is 10.9. The molecule has 2 aromatic rings. The summed E-state index contributed by atoms with van der Waals surface area (Å²) in [5.41, 5.74) is 7.41. The van der Waals surface area contributed by atoms with E-state index in [0.717, 1.165) is 11.4 Å². The van der Waals surface area contributed by atoms with Gasteiger partial charge in [-0.05, 0) is 31.2 Å². The molecule has 0 atom stereocenters. The van der Waals surface area contributed by atoms with Crippen molar-refractivity contribution in [1.82, 2.24) is 15.0 Å². The van der Waals surface area contributed by atoms with E-state index in [4.69, 9.17) is 5.73 Å². The molecule has 1 heterocycles. The van der Waals surface area contributed by atoms with Crippen LogP contribution in [0.5, 0.6) is 0 Å². The van der Waals surface area contributed by atoms with E-state index < -0.39 is 5.91 Å². The van der Waals surface area contributed by atoms with Crippen LogP contribution in [0, 0.1) is 6.92 Å². The van der Waals surface area contributed by atoms with E-state index in [1.807, 2.05) is 6.92 Å². The Balaban J connectivity index is 2.40. The van der Waals surface area contributed by atoms with Gasteiger partial charge in [-0.1, -0.05) is 5.21 Å².